The quantitative estimate of drug-likeness (QED) is 0.212. The fourth-order valence-electron chi connectivity index (χ4n) is 5.15. The Morgan fingerprint density at radius 3 is 1.92 bits per heavy atom. The molecule has 0 aliphatic rings. The Morgan fingerprint density at radius 2 is 1.36 bits per heavy atom. The summed E-state index contributed by atoms with van der Waals surface area (Å²) in [7, 11) is 0. The molecule has 39 heavy (non-hydrogen) atoms. The van der Waals surface area contributed by atoms with Crippen LogP contribution in [-0.2, 0) is 28.9 Å². The number of fused-ring (bicyclic) bond motifs is 2. The molecule has 1 atom stereocenters. The molecule has 4 N–H and O–H groups in total. The Hall–Kier alpha value is -4.49. The van der Waals surface area contributed by atoms with Crippen molar-refractivity contribution in [3.63, 3.8) is 0 Å². The van der Waals surface area contributed by atoms with Crippen molar-refractivity contribution in [2.45, 2.75) is 25.3 Å². The van der Waals surface area contributed by atoms with Crippen LogP contribution in [0.25, 0.3) is 21.5 Å². The summed E-state index contributed by atoms with van der Waals surface area (Å²) in [6, 6.07) is 27.9. The molecule has 2 amide bonds. The Kier molecular flexibility index (Phi) is 8.29. The number of imidazole rings is 1. The number of aromatic nitrogens is 2. The molecule has 0 unspecified atom stereocenters. The summed E-state index contributed by atoms with van der Waals surface area (Å²) in [6.45, 7) is -0.0646. The predicted octanol–water partition coefficient (Wildman–Crippen LogP) is 3.95. The largest absolute Gasteiger partial charge is 0.395 e. The van der Waals surface area contributed by atoms with E-state index in [1.54, 1.807) is 12.5 Å². The van der Waals surface area contributed by atoms with Gasteiger partial charge in [-0.25, -0.2) is 4.98 Å². The number of nitrogens with zero attached hydrogens (tertiary/aromatic N) is 1. The van der Waals surface area contributed by atoms with E-state index in [0.717, 1.165) is 38.4 Å². The van der Waals surface area contributed by atoms with Crippen molar-refractivity contribution in [1.29, 1.82) is 0 Å². The Labute approximate surface area is 227 Å². The first-order valence-corrected chi connectivity index (χ1v) is 13.2. The number of carbonyl (C=O) groups is 2. The first-order valence-electron chi connectivity index (χ1n) is 13.2. The SMILES string of the molecule is O=C(N[C@@H](Cc1cnc[nH]1)C(=O)NCCO)C(Cc1cccc2ccccc12)Cc1cccc2ccccc12. The van der Waals surface area contributed by atoms with Crippen LogP contribution < -0.4 is 10.6 Å². The highest BCUT2D eigenvalue weighted by molar-refractivity contribution is 5.91. The van der Waals surface area contributed by atoms with Crippen LogP contribution in [0.1, 0.15) is 16.8 Å². The fraction of sp³-hybridized carbons (Fsp3) is 0.219. The van der Waals surface area contributed by atoms with Crippen molar-refractivity contribution in [1.82, 2.24) is 20.6 Å². The number of nitrogens with one attached hydrogen (secondary N) is 3. The van der Waals surface area contributed by atoms with Crippen molar-refractivity contribution >= 4 is 33.4 Å². The zero-order valence-electron chi connectivity index (χ0n) is 21.6. The standard InChI is InChI=1S/C32H32N4O3/c37-16-15-34-32(39)30(19-27-20-33-21-35-27)36-31(38)26(17-24-11-5-9-22-7-1-3-13-28(22)24)18-25-12-6-10-23-8-2-4-14-29(23)25/h1-14,20-21,26,30,37H,15-19H2,(H,33,35)(H,34,39)(H,36,38)/t30-/m0/s1. The predicted molar refractivity (Wildman–Crippen MR) is 153 cm³/mol. The summed E-state index contributed by atoms with van der Waals surface area (Å²) in [5.74, 6) is -0.961. The smallest absolute Gasteiger partial charge is 0.243 e. The van der Waals surface area contributed by atoms with Gasteiger partial charge in [0.2, 0.25) is 11.8 Å². The van der Waals surface area contributed by atoms with E-state index in [9.17, 15) is 14.7 Å². The Bertz CT molecular complexity index is 1470. The van der Waals surface area contributed by atoms with Crippen LogP contribution in [0.2, 0.25) is 0 Å². The van der Waals surface area contributed by atoms with Crippen LogP contribution in [0.3, 0.4) is 0 Å². The van der Waals surface area contributed by atoms with E-state index in [4.69, 9.17) is 0 Å². The number of hydrogen-bond acceptors (Lipinski definition) is 4. The molecule has 5 aromatic rings. The minimum Gasteiger partial charge on any atom is -0.395 e. The molecule has 1 aromatic heterocycles. The molecule has 0 saturated carbocycles. The summed E-state index contributed by atoms with van der Waals surface area (Å²) >= 11 is 0. The van der Waals surface area contributed by atoms with E-state index in [0.29, 0.717) is 12.8 Å². The van der Waals surface area contributed by atoms with Gasteiger partial charge in [0.1, 0.15) is 6.04 Å². The highest BCUT2D eigenvalue weighted by Crippen LogP contribution is 2.26. The van der Waals surface area contributed by atoms with Crippen LogP contribution in [0, 0.1) is 5.92 Å². The minimum absolute atomic E-state index is 0.115. The van der Waals surface area contributed by atoms with Gasteiger partial charge in [0, 0.05) is 30.8 Å². The lowest BCUT2D eigenvalue weighted by atomic mass is 9.87. The van der Waals surface area contributed by atoms with Crippen molar-refractivity contribution in [2.24, 2.45) is 5.92 Å². The van der Waals surface area contributed by atoms with Crippen molar-refractivity contribution < 1.29 is 14.7 Å². The molecule has 0 bridgehead atoms. The monoisotopic (exact) mass is 520 g/mol. The van der Waals surface area contributed by atoms with Gasteiger partial charge < -0.3 is 20.7 Å². The number of carbonyl (C=O) groups excluding carboxylic acids is 2. The number of rotatable bonds is 11. The van der Waals surface area contributed by atoms with Gasteiger partial charge >= 0.3 is 0 Å². The van der Waals surface area contributed by atoms with E-state index in [2.05, 4.69) is 69.1 Å². The van der Waals surface area contributed by atoms with Crippen LogP contribution in [0.4, 0.5) is 0 Å². The molecule has 0 fully saturated rings. The van der Waals surface area contributed by atoms with Gasteiger partial charge in [-0.15, -0.1) is 0 Å². The molecular formula is C32H32N4O3. The lowest BCUT2D eigenvalue weighted by molar-refractivity contribution is -0.131. The van der Waals surface area contributed by atoms with Crippen molar-refractivity contribution in [2.75, 3.05) is 13.2 Å². The second-order valence-electron chi connectivity index (χ2n) is 9.74. The van der Waals surface area contributed by atoms with Crippen LogP contribution >= 0.6 is 0 Å². The van der Waals surface area contributed by atoms with Gasteiger partial charge in [-0.1, -0.05) is 84.9 Å². The van der Waals surface area contributed by atoms with Crippen LogP contribution in [0.5, 0.6) is 0 Å². The maximum absolute atomic E-state index is 14.0. The van der Waals surface area contributed by atoms with E-state index in [-0.39, 0.29) is 31.4 Å². The second-order valence-corrected chi connectivity index (χ2v) is 9.74. The highest BCUT2D eigenvalue weighted by Gasteiger charge is 2.27. The summed E-state index contributed by atoms with van der Waals surface area (Å²) in [5.41, 5.74) is 2.91. The molecule has 0 saturated heterocycles. The zero-order chi connectivity index (χ0) is 27.0. The fourth-order valence-corrected chi connectivity index (χ4v) is 5.15. The van der Waals surface area contributed by atoms with E-state index >= 15 is 0 Å². The summed E-state index contributed by atoms with van der Waals surface area (Å²) < 4.78 is 0. The molecule has 0 spiro atoms. The zero-order valence-corrected chi connectivity index (χ0v) is 21.6. The van der Waals surface area contributed by atoms with Gasteiger partial charge in [-0.3, -0.25) is 9.59 Å². The van der Waals surface area contributed by atoms with Crippen LogP contribution in [-0.4, -0.2) is 46.1 Å². The molecule has 7 heteroatoms. The van der Waals surface area contributed by atoms with E-state index in [1.807, 2.05) is 36.4 Å². The van der Waals surface area contributed by atoms with Crippen LogP contribution in [0.15, 0.2) is 97.5 Å². The number of aromatic amines is 1. The molecule has 1 heterocycles. The Balaban J connectivity index is 1.47. The molecule has 4 aromatic carbocycles. The number of aliphatic hydroxyl groups is 1. The van der Waals surface area contributed by atoms with Gasteiger partial charge in [0.15, 0.2) is 0 Å². The molecule has 7 nitrogen and oxygen atoms in total. The number of amides is 2. The lowest BCUT2D eigenvalue weighted by Crippen LogP contribution is -2.50. The summed E-state index contributed by atoms with van der Waals surface area (Å²) in [5, 5.41) is 19.4. The number of H-pyrrole nitrogens is 1. The van der Waals surface area contributed by atoms with Gasteiger partial charge in [0.05, 0.1) is 12.9 Å². The maximum Gasteiger partial charge on any atom is 0.243 e. The van der Waals surface area contributed by atoms with Gasteiger partial charge in [0.25, 0.3) is 0 Å². The third kappa shape index (κ3) is 6.33. The molecule has 0 aliphatic heterocycles. The summed E-state index contributed by atoms with van der Waals surface area (Å²) in [6.07, 6.45) is 4.49. The first-order chi connectivity index (χ1) is 19.1. The van der Waals surface area contributed by atoms with E-state index < -0.39 is 12.0 Å². The average molecular weight is 521 g/mol. The molecule has 198 valence electrons. The Morgan fingerprint density at radius 1 is 0.769 bits per heavy atom. The molecule has 5 rings (SSSR count). The van der Waals surface area contributed by atoms with Crippen molar-refractivity contribution in [3.8, 4) is 0 Å². The summed E-state index contributed by atoms with van der Waals surface area (Å²) in [4.78, 5) is 34.0. The maximum atomic E-state index is 14.0. The topological polar surface area (TPSA) is 107 Å². The normalized spacial score (nSPS) is 12.1. The van der Waals surface area contributed by atoms with E-state index in [1.165, 1.54) is 0 Å². The van der Waals surface area contributed by atoms with Gasteiger partial charge in [-0.2, -0.15) is 0 Å². The first kappa shape index (κ1) is 26.1. The molecule has 0 aliphatic carbocycles. The molecular weight excluding hydrogens is 488 g/mol. The van der Waals surface area contributed by atoms with Crippen molar-refractivity contribution in [3.05, 3.63) is 114 Å². The third-order valence-electron chi connectivity index (χ3n) is 7.09. The highest BCUT2D eigenvalue weighted by atomic mass is 16.3. The number of hydrogen-bond donors (Lipinski definition) is 4. The lowest BCUT2D eigenvalue weighted by Gasteiger charge is -2.23. The van der Waals surface area contributed by atoms with Gasteiger partial charge in [-0.05, 0) is 45.5 Å². The number of aliphatic hydroxyl groups excluding tert-OH is 1. The number of benzene rings is 4. The minimum atomic E-state index is -0.813. The third-order valence-corrected chi connectivity index (χ3v) is 7.09. The molecule has 0 radical (unpaired) electrons. The second kappa shape index (κ2) is 12.4. The average Bonchev–Trinajstić information content (AvgIpc) is 3.48.